The van der Waals surface area contributed by atoms with Crippen LogP contribution in [0.25, 0.3) is 0 Å². The molecule has 1 aromatic heterocycles. The van der Waals surface area contributed by atoms with Gasteiger partial charge in [-0.3, -0.25) is 4.57 Å². The zero-order valence-electron chi connectivity index (χ0n) is 8.53. The molecule has 0 radical (unpaired) electrons. The summed E-state index contributed by atoms with van der Waals surface area (Å²) in [7, 11) is 0. The van der Waals surface area contributed by atoms with Gasteiger partial charge in [0.1, 0.15) is 6.10 Å². The Morgan fingerprint density at radius 3 is 2.82 bits per heavy atom. The van der Waals surface area contributed by atoms with Gasteiger partial charge >= 0.3 is 11.6 Å². The van der Waals surface area contributed by atoms with E-state index < -0.39 is 36.7 Å². The Balaban J connectivity index is 2.41. The second-order valence-electron chi connectivity index (χ2n) is 3.64. The van der Waals surface area contributed by atoms with E-state index in [9.17, 15) is 18.7 Å². The van der Waals surface area contributed by atoms with Gasteiger partial charge in [-0.2, -0.15) is 8.78 Å². The largest absolute Gasteiger partial charge is 0.394 e. The molecule has 17 heavy (non-hydrogen) atoms. The number of hydrogen-bond donors (Lipinski definition) is 2. The molecule has 0 aliphatic carbocycles. The number of aliphatic hydroxyl groups excluding tert-OH is 2. The highest BCUT2D eigenvalue weighted by atomic mass is 19.3. The SMILES string of the molecule is O=c1ncccn1C1O[C@H](CO)[C@@H](O)C1(F)F. The molecule has 8 heteroatoms. The zero-order valence-corrected chi connectivity index (χ0v) is 8.53. The Hall–Kier alpha value is -1.38. The van der Waals surface area contributed by atoms with Gasteiger partial charge in [-0.05, 0) is 6.07 Å². The third-order valence-electron chi connectivity index (χ3n) is 2.55. The maximum absolute atomic E-state index is 13.6. The van der Waals surface area contributed by atoms with Gasteiger partial charge in [-0.25, -0.2) is 9.78 Å². The van der Waals surface area contributed by atoms with Crippen LogP contribution < -0.4 is 5.69 Å². The van der Waals surface area contributed by atoms with Crippen molar-refractivity contribution < 1.29 is 23.7 Å². The Bertz CT molecular complexity index is 464. The number of ether oxygens (including phenoxy) is 1. The van der Waals surface area contributed by atoms with E-state index >= 15 is 0 Å². The molecule has 0 aromatic carbocycles. The van der Waals surface area contributed by atoms with Crippen molar-refractivity contribution in [3.05, 3.63) is 28.9 Å². The van der Waals surface area contributed by atoms with Gasteiger partial charge in [0.15, 0.2) is 6.10 Å². The molecule has 1 unspecified atom stereocenters. The summed E-state index contributed by atoms with van der Waals surface area (Å²) in [5.74, 6) is -3.67. The first-order valence-corrected chi connectivity index (χ1v) is 4.84. The minimum atomic E-state index is -3.67. The number of nitrogens with zero attached hydrogens (tertiary/aromatic N) is 2. The van der Waals surface area contributed by atoms with Crippen LogP contribution >= 0.6 is 0 Å². The average molecular weight is 248 g/mol. The fraction of sp³-hybridized carbons (Fsp3) is 0.556. The first kappa shape index (κ1) is 12.1. The minimum Gasteiger partial charge on any atom is -0.394 e. The van der Waals surface area contributed by atoms with Gasteiger partial charge in [0.25, 0.3) is 0 Å². The van der Waals surface area contributed by atoms with Gasteiger partial charge in [-0.15, -0.1) is 0 Å². The van der Waals surface area contributed by atoms with Gasteiger partial charge in [0, 0.05) is 12.4 Å². The van der Waals surface area contributed by atoms with Gasteiger partial charge in [-0.1, -0.05) is 0 Å². The Morgan fingerprint density at radius 2 is 2.29 bits per heavy atom. The predicted molar refractivity (Wildman–Crippen MR) is 50.4 cm³/mol. The second-order valence-corrected chi connectivity index (χ2v) is 3.64. The van der Waals surface area contributed by atoms with Crippen LogP contribution in [0.15, 0.2) is 23.3 Å². The lowest BCUT2D eigenvalue weighted by Gasteiger charge is -2.20. The molecule has 0 bridgehead atoms. The van der Waals surface area contributed by atoms with Crippen molar-refractivity contribution in [1.29, 1.82) is 0 Å². The van der Waals surface area contributed by atoms with E-state index in [1.165, 1.54) is 6.07 Å². The second kappa shape index (κ2) is 4.13. The highest BCUT2D eigenvalue weighted by Crippen LogP contribution is 2.41. The van der Waals surface area contributed by atoms with Crippen molar-refractivity contribution in [1.82, 2.24) is 9.55 Å². The predicted octanol–water partition coefficient (Wildman–Crippen LogP) is -0.871. The molecule has 1 aliphatic heterocycles. The van der Waals surface area contributed by atoms with Crippen molar-refractivity contribution in [2.24, 2.45) is 0 Å². The van der Waals surface area contributed by atoms with Crippen LogP contribution in [-0.2, 0) is 4.74 Å². The van der Waals surface area contributed by atoms with Crippen molar-refractivity contribution in [3.63, 3.8) is 0 Å². The van der Waals surface area contributed by atoms with E-state index in [1.54, 1.807) is 0 Å². The first-order chi connectivity index (χ1) is 7.98. The van der Waals surface area contributed by atoms with E-state index in [1.807, 2.05) is 0 Å². The number of halogens is 2. The lowest BCUT2D eigenvalue weighted by atomic mass is 10.1. The molecule has 1 aromatic rings. The van der Waals surface area contributed by atoms with E-state index in [4.69, 9.17) is 9.84 Å². The van der Waals surface area contributed by atoms with E-state index in [2.05, 4.69) is 4.98 Å². The summed E-state index contributed by atoms with van der Waals surface area (Å²) in [6, 6.07) is 1.29. The van der Waals surface area contributed by atoms with Crippen LogP contribution in [0.2, 0.25) is 0 Å². The summed E-state index contributed by atoms with van der Waals surface area (Å²) < 4.78 is 32.6. The third-order valence-corrected chi connectivity index (χ3v) is 2.55. The smallest absolute Gasteiger partial charge is 0.349 e. The maximum Gasteiger partial charge on any atom is 0.349 e. The standard InChI is InChI=1S/C9H10F2N2O4/c10-9(11)6(15)5(4-14)17-7(9)13-3-1-2-12-8(13)16/h1-3,5-7,14-15H,4H2/t5-,6-,7?/m1/s1. The molecule has 94 valence electrons. The molecule has 2 N–H and O–H groups in total. The van der Waals surface area contributed by atoms with Crippen molar-refractivity contribution >= 4 is 0 Å². The summed E-state index contributed by atoms with van der Waals surface area (Å²) in [6.45, 7) is -0.762. The lowest BCUT2D eigenvalue weighted by Crippen LogP contribution is -2.41. The maximum atomic E-state index is 13.6. The van der Waals surface area contributed by atoms with Gasteiger partial charge in [0.2, 0.25) is 6.23 Å². The summed E-state index contributed by atoms with van der Waals surface area (Å²) in [5.41, 5.74) is -0.914. The van der Waals surface area contributed by atoms with Crippen LogP contribution in [0.1, 0.15) is 6.23 Å². The van der Waals surface area contributed by atoms with Crippen LogP contribution in [-0.4, -0.2) is 44.5 Å². The normalized spacial score (nSPS) is 31.6. The lowest BCUT2D eigenvalue weighted by molar-refractivity contribution is -0.141. The van der Waals surface area contributed by atoms with Crippen molar-refractivity contribution in [2.75, 3.05) is 6.61 Å². The third kappa shape index (κ3) is 1.84. The molecule has 3 atom stereocenters. The molecule has 2 rings (SSSR count). The number of hydrogen-bond acceptors (Lipinski definition) is 5. The Labute approximate surface area is 94.1 Å². The van der Waals surface area contributed by atoms with Crippen LogP contribution in [0.5, 0.6) is 0 Å². The number of aliphatic hydroxyl groups is 2. The van der Waals surface area contributed by atoms with Gasteiger partial charge in [0.05, 0.1) is 6.61 Å². The molecule has 6 nitrogen and oxygen atoms in total. The zero-order chi connectivity index (χ0) is 12.6. The molecule has 1 fully saturated rings. The Morgan fingerprint density at radius 1 is 1.59 bits per heavy atom. The quantitative estimate of drug-likeness (QED) is 0.710. The highest BCUT2D eigenvalue weighted by molar-refractivity contribution is 4.97. The van der Waals surface area contributed by atoms with Crippen molar-refractivity contribution in [3.8, 4) is 0 Å². The molecule has 0 saturated carbocycles. The molecule has 2 heterocycles. The summed E-state index contributed by atoms with van der Waals surface area (Å²) >= 11 is 0. The van der Waals surface area contributed by atoms with Crippen LogP contribution in [0, 0.1) is 0 Å². The van der Waals surface area contributed by atoms with Crippen molar-refractivity contribution in [2.45, 2.75) is 24.4 Å². The van der Waals surface area contributed by atoms with Crippen LogP contribution in [0.3, 0.4) is 0 Å². The number of alkyl halides is 2. The molecular formula is C9H10F2N2O4. The fourth-order valence-electron chi connectivity index (χ4n) is 1.67. The summed E-state index contributed by atoms with van der Waals surface area (Å²) in [4.78, 5) is 14.6. The van der Waals surface area contributed by atoms with E-state index in [0.29, 0.717) is 4.57 Å². The monoisotopic (exact) mass is 248 g/mol. The molecular weight excluding hydrogens is 238 g/mol. The van der Waals surface area contributed by atoms with E-state index in [-0.39, 0.29) is 0 Å². The fourth-order valence-corrected chi connectivity index (χ4v) is 1.67. The molecule has 0 amide bonds. The summed E-state index contributed by atoms with van der Waals surface area (Å²) in [6.07, 6.45) is -3.31. The summed E-state index contributed by atoms with van der Waals surface area (Å²) in [5, 5.41) is 18.0. The molecule has 1 saturated heterocycles. The van der Waals surface area contributed by atoms with E-state index in [0.717, 1.165) is 12.4 Å². The van der Waals surface area contributed by atoms with Gasteiger partial charge < -0.3 is 14.9 Å². The minimum absolute atomic E-state index is 0.582. The van der Waals surface area contributed by atoms with Crippen LogP contribution in [0.4, 0.5) is 8.78 Å². The molecule has 0 spiro atoms. The average Bonchev–Trinajstić information content (AvgIpc) is 2.52. The Kier molecular flexibility index (Phi) is 2.94. The first-order valence-electron chi connectivity index (χ1n) is 4.84. The highest BCUT2D eigenvalue weighted by Gasteiger charge is 2.59. The number of aromatic nitrogens is 2. The topological polar surface area (TPSA) is 84.6 Å². The molecule has 1 aliphatic rings. The number of rotatable bonds is 2.